The van der Waals surface area contributed by atoms with E-state index in [1.165, 1.54) is 6.07 Å². The van der Waals surface area contributed by atoms with Gasteiger partial charge in [-0.2, -0.15) is 5.26 Å². The second-order valence-electron chi connectivity index (χ2n) is 5.05. The zero-order valence-electron chi connectivity index (χ0n) is 10.7. The number of nitro groups is 1. The van der Waals surface area contributed by atoms with Crippen molar-refractivity contribution in [2.24, 2.45) is 5.92 Å². The molecule has 1 aromatic rings. The number of anilines is 1. The Labute approximate surface area is 110 Å². The van der Waals surface area contributed by atoms with Crippen molar-refractivity contribution in [2.75, 3.05) is 18.0 Å². The first kappa shape index (κ1) is 13.2. The highest BCUT2D eigenvalue weighted by Gasteiger charge is 2.45. The molecule has 7 heteroatoms. The van der Waals surface area contributed by atoms with Gasteiger partial charge >= 0.3 is 0 Å². The third kappa shape index (κ3) is 2.22. The Balaban J connectivity index is 2.24. The molecule has 1 aliphatic rings. The lowest BCUT2D eigenvalue weighted by Gasteiger charge is -2.49. The van der Waals surface area contributed by atoms with Gasteiger partial charge in [0.25, 0.3) is 5.69 Å². The maximum absolute atomic E-state index is 10.6. The van der Waals surface area contributed by atoms with Gasteiger partial charge in [-0.1, -0.05) is 13.8 Å². The Kier molecular flexibility index (Phi) is 3.12. The first-order chi connectivity index (χ1) is 8.87. The normalized spacial score (nSPS) is 16.9. The first-order valence-electron chi connectivity index (χ1n) is 5.89. The fourth-order valence-electron chi connectivity index (χ4n) is 2.01. The molecule has 0 spiro atoms. The minimum atomic E-state index is -0.782. The summed E-state index contributed by atoms with van der Waals surface area (Å²) in [7, 11) is 0. The molecule has 2 rings (SSSR count). The predicted molar refractivity (Wildman–Crippen MR) is 67.6 cm³/mol. The van der Waals surface area contributed by atoms with Gasteiger partial charge < -0.3 is 10.0 Å². The Hall–Kier alpha value is -2.20. The molecular formula is C12H14N4O3. The number of aliphatic hydroxyl groups is 1. The molecule has 1 aromatic heterocycles. The van der Waals surface area contributed by atoms with E-state index < -0.39 is 10.5 Å². The van der Waals surface area contributed by atoms with E-state index in [0.29, 0.717) is 18.9 Å². The highest BCUT2D eigenvalue weighted by molar-refractivity contribution is 5.59. The highest BCUT2D eigenvalue weighted by Crippen LogP contribution is 2.34. The smallest absolute Gasteiger partial charge is 0.289 e. The van der Waals surface area contributed by atoms with Crippen LogP contribution in [0.3, 0.4) is 0 Å². The number of hydrogen-bond donors (Lipinski definition) is 1. The van der Waals surface area contributed by atoms with Crippen molar-refractivity contribution in [3.05, 3.63) is 27.9 Å². The van der Waals surface area contributed by atoms with Crippen LogP contribution >= 0.6 is 0 Å². The summed E-state index contributed by atoms with van der Waals surface area (Å²) in [5.41, 5.74) is -0.837. The lowest BCUT2D eigenvalue weighted by molar-refractivity contribution is -0.385. The standard InChI is InChI=1S/C12H14N4O3/c1-8(2)12(17)6-15(7-12)11-9(4-13)3-10(5-14-11)16(18)19/h3,5,8,17H,6-7H2,1-2H3. The zero-order chi connectivity index (χ0) is 14.2. The average Bonchev–Trinajstić information content (AvgIpc) is 2.33. The number of nitriles is 1. The molecule has 0 saturated carbocycles. The van der Waals surface area contributed by atoms with Crippen LogP contribution in [0, 0.1) is 27.4 Å². The largest absolute Gasteiger partial charge is 0.386 e. The number of hydrogen-bond acceptors (Lipinski definition) is 6. The van der Waals surface area contributed by atoms with E-state index in [0.717, 1.165) is 6.20 Å². The summed E-state index contributed by atoms with van der Waals surface area (Å²) < 4.78 is 0. The van der Waals surface area contributed by atoms with E-state index >= 15 is 0 Å². The van der Waals surface area contributed by atoms with Gasteiger partial charge in [0.05, 0.1) is 18.0 Å². The predicted octanol–water partition coefficient (Wildman–Crippen LogP) is 1.07. The Bertz CT molecular complexity index is 559. The summed E-state index contributed by atoms with van der Waals surface area (Å²) in [5, 5.41) is 29.8. The third-order valence-electron chi connectivity index (χ3n) is 3.49. The maximum Gasteiger partial charge on any atom is 0.289 e. The SMILES string of the molecule is CC(C)C1(O)CN(c2ncc([N+](=O)[O-])cc2C#N)C1. The summed E-state index contributed by atoms with van der Waals surface area (Å²) in [6, 6.07) is 3.11. The zero-order valence-corrected chi connectivity index (χ0v) is 10.7. The molecule has 100 valence electrons. The van der Waals surface area contributed by atoms with E-state index in [1.54, 1.807) is 4.90 Å². The van der Waals surface area contributed by atoms with Crippen LogP contribution in [-0.2, 0) is 0 Å². The van der Waals surface area contributed by atoms with Crippen LogP contribution in [0.25, 0.3) is 0 Å². The van der Waals surface area contributed by atoms with E-state index in [4.69, 9.17) is 5.26 Å². The monoisotopic (exact) mass is 262 g/mol. The summed E-state index contributed by atoms with van der Waals surface area (Å²) in [5.74, 6) is 0.491. The molecule has 2 heterocycles. The van der Waals surface area contributed by atoms with Gasteiger partial charge in [0.1, 0.15) is 29.2 Å². The van der Waals surface area contributed by atoms with E-state index in [1.807, 2.05) is 19.9 Å². The molecule has 1 fully saturated rings. The van der Waals surface area contributed by atoms with Crippen molar-refractivity contribution in [1.82, 2.24) is 4.98 Å². The number of nitrogens with zero attached hydrogens (tertiary/aromatic N) is 4. The Morgan fingerprint density at radius 1 is 1.63 bits per heavy atom. The highest BCUT2D eigenvalue weighted by atomic mass is 16.6. The molecule has 0 bridgehead atoms. The third-order valence-corrected chi connectivity index (χ3v) is 3.49. The van der Waals surface area contributed by atoms with Gasteiger partial charge in [-0.3, -0.25) is 10.1 Å². The molecule has 0 amide bonds. The number of β-amino-alcohol motifs (C(OH)–C–C–N with tert-alkyl or cyclic N) is 1. The van der Waals surface area contributed by atoms with E-state index in [2.05, 4.69) is 4.98 Å². The Morgan fingerprint density at radius 2 is 2.26 bits per heavy atom. The van der Waals surface area contributed by atoms with Crippen molar-refractivity contribution < 1.29 is 10.0 Å². The minimum Gasteiger partial charge on any atom is -0.386 e. The molecule has 0 aliphatic carbocycles. The van der Waals surface area contributed by atoms with Crippen LogP contribution in [0.2, 0.25) is 0 Å². The van der Waals surface area contributed by atoms with Gasteiger partial charge in [-0.25, -0.2) is 4.98 Å². The van der Waals surface area contributed by atoms with Crippen LogP contribution in [0.15, 0.2) is 12.3 Å². The minimum absolute atomic E-state index is 0.104. The number of rotatable bonds is 3. The van der Waals surface area contributed by atoms with E-state index in [9.17, 15) is 15.2 Å². The molecule has 0 unspecified atom stereocenters. The second kappa shape index (κ2) is 4.48. The van der Waals surface area contributed by atoms with Crippen LogP contribution in [0.4, 0.5) is 11.5 Å². The molecule has 7 nitrogen and oxygen atoms in total. The first-order valence-corrected chi connectivity index (χ1v) is 5.89. The van der Waals surface area contributed by atoms with Crippen LogP contribution in [0.5, 0.6) is 0 Å². The summed E-state index contributed by atoms with van der Waals surface area (Å²) in [4.78, 5) is 15.8. The fourth-order valence-corrected chi connectivity index (χ4v) is 2.01. The van der Waals surface area contributed by atoms with Crippen molar-refractivity contribution in [2.45, 2.75) is 19.4 Å². The van der Waals surface area contributed by atoms with Gasteiger partial charge in [0, 0.05) is 6.07 Å². The van der Waals surface area contributed by atoms with Crippen molar-refractivity contribution in [3.63, 3.8) is 0 Å². The number of pyridine rings is 1. The molecular weight excluding hydrogens is 248 g/mol. The van der Waals surface area contributed by atoms with Crippen LogP contribution in [0.1, 0.15) is 19.4 Å². The van der Waals surface area contributed by atoms with Crippen LogP contribution < -0.4 is 4.90 Å². The van der Waals surface area contributed by atoms with Gasteiger partial charge in [-0.15, -0.1) is 0 Å². The van der Waals surface area contributed by atoms with Gasteiger partial charge in [0.2, 0.25) is 0 Å². The lowest BCUT2D eigenvalue weighted by Crippen LogP contribution is -2.65. The summed E-state index contributed by atoms with van der Waals surface area (Å²) >= 11 is 0. The van der Waals surface area contributed by atoms with Crippen molar-refractivity contribution in [3.8, 4) is 6.07 Å². The van der Waals surface area contributed by atoms with Crippen molar-refractivity contribution in [1.29, 1.82) is 5.26 Å². The molecule has 19 heavy (non-hydrogen) atoms. The lowest BCUT2D eigenvalue weighted by atomic mass is 9.83. The maximum atomic E-state index is 10.6. The quantitative estimate of drug-likeness (QED) is 0.645. The average molecular weight is 262 g/mol. The summed E-state index contributed by atoms with van der Waals surface area (Å²) in [6.45, 7) is 4.60. The molecule has 0 atom stereocenters. The summed E-state index contributed by atoms with van der Waals surface area (Å²) in [6.07, 6.45) is 1.13. The van der Waals surface area contributed by atoms with Crippen LogP contribution in [-0.4, -0.2) is 33.7 Å². The molecule has 0 aromatic carbocycles. The molecule has 1 aliphatic heterocycles. The van der Waals surface area contributed by atoms with Crippen molar-refractivity contribution >= 4 is 11.5 Å². The Morgan fingerprint density at radius 3 is 2.74 bits per heavy atom. The second-order valence-corrected chi connectivity index (χ2v) is 5.05. The van der Waals surface area contributed by atoms with Gasteiger partial charge in [-0.05, 0) is 5.92 Å². The fraction of sp³-hybridized carbons (Fsp3) is 0.500. The molecule has 1 N–H and O–H groups in total. The topological polar surface area (TPSA) is 103 Å². The van der Waals surface area contributed by atoms with Gasteiger partial charge in [0.15, 0.2) is 0 Å². The number of aromatic nitrogens is 1. The molecule has 1 saturated heterocycles. The van der Waals surface area contributed by atoms with E-state index in [-0.39, 0.29) is 17.2 Å². The molecule has 0 radical (unpaired) electrons.